The van der Waals surface area contributed by atoms with Gasteiger partial charge in [-0.05, 0) is 56.0 Å². The number of aliphatic hydroxyl groups is 1. The number of benzene rings is 1. The molecule has 1 aromatic carbocycles. The van der Waals surface area contributed by atoms with Crippen LogP contribution in [0.15, 0.2) is 47.5 Å². The molecule has 1 aliphatic carbocycles. The maximum atomic E-state index is 13.4. The van der Waals surface area contributed by atoms with Crippen molar-refractivity contribution in [3.05, 3.63) is 69.1 Å². The fourth-order valence-corrected chi connectivity index (χ4v) is 6.66. The van der Waals surface area contributed by atoms with E-state index in [-0.39, 0.29) is 24.9 Å². The molecule has 9 nitrogen and oxygen atoms in total. The summed E-state index contributed by atoms with van der Waals surface area (Å²) >= 11 is 1.42. The van der Waals surface area contributed by atoms with Crippen LogP contribution in [0.1, 0.15) is 55.5 Å². The standard InChI is InChI=1S/C25H18F3N5O2S.C5H11NO.C2H6/c26-25(27,28)24(2-3-24)15-9-21(34)33(32-12-15)13-16-10-19-23(36-16)17(1-4-30-19)18-7-14(11-29)8-20-22(18)31-5-6-35-20;7-4-5-2-1-3-6-5;1-2/h1,4,7-10,12,31H,2-3,5-6,13H2;5-7H,1-4H2;1-2H3. The molecule has 238 valence electrons. The van der Waals surface area contributed by atoms with E-state index in [2.05, 4.69) is 26.8 Å². The van der Waals surface area contributed by atoms with Gasteiger partial charge in [-0.25, -0.2) is 4.68 Å². The maximum absolute atomic E-state index is 13.4. The molecule has 0 amide bonds. The number of nitrogens with one attached hydrogen (secondary N) is 2. The van der Waals surface area contributed by atoms with E-state index in [4.69, 9.17) is 9.84 Å². The lowest BCUT2D eigenvalue weighted by Gasteiger charge is -2.22. The average Bonchev–Trinajstić information content (AvgIpc) is 3.52. The van der Waals surface area contributed by atoms with Gasteiger partial charge in [0.2, 0.25) is 0 Å². The number of halogens is 3. The zero-order valence-electron chi connectivity index (χ0n) is 25.1. The fourth-order valence-electron chi connectivity index (χ4n) is 5.54. The van der Waals surface area contributed by atoms with E-state index >= 15 is 0 Å². The lowest BCUT2D eigenvalue weighted by Crippen LogP contribution is -2.32. The quantitative estimate of drug-likeness (QED) is 0.258. The van der Waals surface area contributed by atoms with Gasteiger partial charge >= 0.3 is 6.18 Å². The van der Waals surface area contributed by atoms with E-state index in [1.807, 2.05) is 26.0 Å². The summed E-state index contributed by atoms with van der Waals surface area (Å²) in [4.78, 5) is 17.9. The van der Waals surface area contributed by atoms with Gasteiger partial charge in [0.25, 0.3) is 5.56 Å². The van der Waals surface area contributed by atoms with Crippen molar-refractivity contribution >= 4 is 27.2 Å². The Kier molecular flexibility index (Phi) is 9.76. The van der Waals surface area contributed by atoms with Crippen molar-refractivity contribution in [3.8, 4) is 22.9 Å². The predicted octanol–water partition coefficient (Wildman–Crippen LogP) is 5.60. The van der Waals surface area contributed by atoms with Gasteiger partial charge < -0.3 is 20.5 Å². The number of rotatable bonds is 5. The van der Waals surface area contributed by atoms with Gasteiger partial charge in [0, 0.05) is 46.9 Å². The van der Waals surface area contributed by atoms with Crippen LogP contribution in [0.5, 0.6) is 5.75 Å². The number of nitriles is 1. The number of alkyl halides is 3. The zero-order valence-corrected chi connectivity index (χ0v) is 25.9. The molecule has 1 saturated carbocycles. The number of aliphatic hydroxyl groups excluding tert-OH is 1. The van der Waals surface area contributed by atoms with Crippen LogP contribution in [0, 0.1) is 11.3 Å². The van der Waals surface area contributed by atoms with Crippen LogP contribution in [-0.4, -0.2) is 58.4 Å². The normalized spacial score (nSPS) is 17.8. The van der Waals surface area contributed by atoms with Gasteiger partial charge in [0.15, 0.2) is 0 Å². The van der Waals surface area contributed by atoms with Crippen molar-refractivity contribution in [1.82, 2.24) is 20.1 Å². The molecule has 1 unspecified atom stereocenters. The molecule has 4 aromatic rings. The van der Waals surface area contributed by atoms with Gasteiger partial charge in [-0.1, -0.05) is 13.8 Å². The number of anilines is 1. The zero-order chi connectivity index (χ0) is 32.2. The third kappa shape index (κ3) is 6.68. The van der Waals surface area contributed by atoms with E-state index in [9.17, 15) is 23.2 Å². The van der Waals surface area contributed by atoms with Crippen LogP contribution in [0.4, 0.5) is 18.9 Å². The molecule has 7 rings (SSSR count). The molecule has 0 radical (unpaired) electrons. The molecule has 3 N–H and O–H groups in total. The number of ether oxygens (including phenoxy) is 1. The van der Waals surface area contributed by atoms with Crippen molar-refractivity contribution < 1.29 is 23.0 Å². The molecule has 0 bridgehead atoms. The highest BCUT2D eigenvalue weighted by Gasteiger charge is 2.64. The Morgan fingerprint density at radius 3 is 2.62 bits per heavy atom. The Morgan fingerprint density at radius 1 is 1.20 bits per heavy atom. The molecule has 0 spiro atoms. The van der Waals surface area contributed by atoms with E-state index in [0.29, 0.717) is 42.6 Å². The minimum Gasteiger partial charge on any atom is -0.490 e. The van der Waals surface area contributed by atoms with Crippen molar-refractivity contribution in [1.29, 1.82) is 5.26 Å². The Labute approximate surface area is 262 Å². The molecule has 5 heterocycles. The van der Waals surface area contributed by atoms with Gasteiger partial charge in [0.05, 0.1) is 52.3 Å². The second-order valence-corrected chi connectivity index (χ2v) is 12.0. The van der Waals surface area contributed by atoms with Crippen molar-refractivity contribution in [3.63, 3.8) is 0 Å². The van der Waals surface area contributed by atoms with Crippen LogP contribution in [0.25, 0.3) is 21.3 Å². The number of aromatic nitrogens is 3. The summed E-state index contributed by atoms with van der Waals surface area (Å²) in [5.41, 5.74) is 1.05. The van der Waals surface area contributed by atoms with Gasteiger partial charge in [0.1, 0.15) is 12.4 Å². The Balaban J connectivity index is 0.000000389. The Hall–Kier alpha value is -3.99. The summed E-state index contributed by atoms with van der Waals surface area (Å²) < 4.78 is 48.1. The number of hydrogen-bond donors (Lipinski definition) is 3. The number of nitrogens with zero attached hydrogens (tertiary/aromatic N) is 4. The summed E-state index contributed by atoms with van der Waals surface area (Å²) in [5, 5.41) is 28.6. The third-order valence-electron chi connectivity index (χ3n) is 8.05. The van der Waals surface area contributed by atoms with Crippen molar-refractivity contribution in [2.24, 2.45) is 0 Å². The maximum Gasteiger partial charge on any atom is 0.398 e. The Morgan fingerprint density at radius 2 is 2.00 bits per heavy atom. The van der Waals surface area contributed by atoms with E-state index < -0.39 is 17.2 Å². The lowest BCUT2D eigenvalue weighted by molar-refractivity contribution is -0.160. The first kappa shape index (κ1) is 32.4. The first-order chi connectivity index (χ1) is 21.7. The van der Waals surface area contributed by atoms with Crippen molar-refractivity contribution in [2.45, 2.75) is 63.7 Å². The molecule has 45 heavy (non-hydrogen) atoms. The molecule has 1 saturated heterocycles. The second kappa shape index (κ2) is 13.6. The van der Waals surface area contributed by atoms with Crippen LogP contribution in [0.3, 0.4) is 0 Å². The molecule has 1 atom stereocenters. The summed E-state index contributed by atoms with van der Waals surface area (Å²) in [6.07, 6.45) is 0.759. The minimum atomic E-state index is -4.40. The predicted molar refractivity (Wildman–Crippen MR) is 168 cm³/mol. The molecule has 2 aliphatic heterocycles. The monoisotopic (exact) mass is 640 g/mol. The highest BCUT2D eigenvalue weighted by Crippen LogP contribution is 2.58. The number of thiophene rings is 1. The number of hydrogen-bond acceptors (Lipinski definition) is 9. The average molecular weight is 641 g/mol. The molecular formula is C32H35F3N6O3S. The fraction of sp³-hybridized carbons (Fsp3) is 0.438. The van der Waals surface area contributed by atoms with Crippen LogP contribution >= 0.6 is 11.3 Å². The lowest BCUT2D eigenvalue weighted by atomic mass is 9.98. The van der Waals surface area contributed by atoms with Crippen LogP contribution < -0.4 is 20.9 Å². The summed E-state index contributed by atoms with van der Waals surface area (Å²) in [6, 6.07) is 10.8. The highest BCUT2D eigenvalue weighted by molar-refractivity contribution is 7.19. The molecular weight excluding hydrogens is 605 g/mol. The van der Waals surface area contributed by atoms with Gasteiger partial charge in [-0.3, -0.25) is 9.78 Å². The highest BCUT2D eigenvalue weighted by atomic mass is 32.1. The van der Waals surface area contributed by atoms with Crippen LogP contribution in [0.2, 0.25) is 0 Å². The number of fused-ring (bicyclic) bond motifs is 2. The van der Waals surface area contributed by atoms with Crippen LogP contribution in [-0.2, 0) is 12.0 Å². The third-order valence-corrected chi connectivity index (χ3v) is 9.19. The van der Waals surface area contributed by atoms with Crippen molar-refractivity contribution in [2.75, 3.05) is 31.6 Å². The smallest absolute Gasteiger partial charge is 0.398 e. The minimum absolute atomic E-state index is 0.0248. The summed E-state index contributed by atoms with van der Waals surface area (Å²) in [6.45, 7) is 6.64. The van der Waals surface area contributed by atoms with Gasteiger partial charge in [-0.2, -0.15) is 23.5 Å². The molecule has 13 heteroatoms. The first-order valence-electron chi connectivity index (χ1n) is 15.0. The summed E-state index contributed by atoms with van der Waals surface area (Å²) in [7, 11) is 0. The second-order valence-electron chi connectivity index (χ2n) is 10.9. The molecule has 3 aliphatic rings. The first-order valence-corrected chi connectivity index (χ1v) is 15.9. The topological polar surface area (TPSA) is 125 Å². The van der Waals surface area contributed by atoms with E-state index in [1.54, 1.807) is 18.3 Å². The summed E-state index contributed by atoms with van der Waals surface area (Å²) in [5.74, 6) is 0.611. The van der Waals surface area contributed by atoms with E-state index in [1.165, 1.54) is 17.8 Å². The van der Waals surface area contributed by atoms with E-state index in [0.717, 1.165) is 56.3 Å². The Bertz CT molecular complexity index is 1750. The molecule has 2 fully saturated rings. The van der Waals surface area contributed by atoms with Gasteiger partial charge in [-0.15, -0.1) is 11.3 Å². The molecule has 3 aromatic heterocycles. The number of pyridine rings is 1. The largest absolute Gasteiger partial charge is 0.490 e. The SMILES string of the molecule is CC.N#Cc1cc2c(c(-c3ccnc4cc(Cn5ncc(C6(C(F)(F)F)CC6)cc5=O)sc34)c1)NCCO2.OCC1CCCN1.